The van der Waals surface area contributed by atoms with E-state index in [1.807, 2.05) is 6.07 Å². The standard InChI is InChI=1S/C15H23NO2/c1-11-5-4-6-12(2)16(11)10-13-9-14(18-3)7-8-15(13)17/h7-9,11-12,17H,4-6,10H2,1-3H3. The first-order chi connectivity index (χ1) is 8.61. The molecule has 0 saturated carbocycles. The normalized spacial score (nSPS) is 25.1. The Morgan fingerprint density at radius 1 is 1.28 bits per heavy atom. The lowest BCUT2D eigenvalue weighted by molar-refractivity contribution is 0.0943. The van der Waals surface area contributed by atoms with Crippen LogP contribution in [0, 0.1) is 0 Å². The highest BCUT2D eigenvalue weighted by atomic mass is 16.5. The van der Waals surface area contributed by atoms with Crippen LogP contribution < -0.4 is 4.74 Å². The van der Waals surface area contributed by atoms with E-state index >= 15 is 0 Å². The maximum Gasteiger partial charge on any atom is 0.120 e. The highest BCUT2D eigenvalue weighted by Gasteiger charge is 2.25. The van der Waals surface area contributed by atoms with Crippen molar-refractivity contribution in [1.29, 1.82) is 0 Å². The van der Waals surface area contributed by atoms with Crippen molar-refractivity contribution in [2.24, 2.45) is 0 Å². The summed E-state index contributed by atoms with van der Waals surface area (Å²) < 4.78 is 5.22. The molecule has 0 radical (unpaired) electrons. The molecule has 1 aromatic rings. The van der Waals surface area contributed by atoms with E-state index < -0.39 is 0 Å². The van der Waals surface area contributed by atoms with Crippen LogP contribution in [0.25, 0.3) is 0 Å². The summed E-state index contributed by atoms with van der Waals surface area (Å²) in [5.74, 6) is 1.17. The van der Waals surface area contributed by atoms with E-state index in [2.05, 4.69) is 18.7 Å². The third-order valence-corrected chi connectivity index (χ3v) is 4.02. The van der Waals surface area contributed by atoms with E-state index in [0.717, 1.165) is 17.9 Å². The number of rotatable bonds is 3. The van der Waals surface area contributed by atoms with E-state index in [9.17, 15) is 5.11 Å². The molecule has 1 fully saturated rings. The van der Waals surface area contributed by atoms with Crippen LogP contribution in [0.3, 0.4) is 0 Å². The summed E-state index contributed by atoms with van der Waals surface area (Å²) in [5, 5.41) is 9.95. The van der Waals surface area contributed by atoms with Crippen molar-refractivity contribution in [2.75, 3.05) is 7.11 Å². The second-order valence-corrected chi connectivity index (χ2v) is 5.30. The molecule has 3 nitrogen and oxygen atoms in total. The Morgan fingerprint density at radius 2 is 1.94 bits per heavy atom. The largest absolute Gasteiger partial charge is 0.508 e. The van der Waals surface area contributed by atoms with Gasteiger partial charge in [0.25, 0.3) is 0 Å². The van der Waals surface area contributed by atoms with Gasteiger partial charge in [-0.05, 0) is 44.9 Å². The molecule has 0 amide bonds. The number of benzene rings is 1. The predicted octanol–water partition coefficient (Wildman–Crippen LogP) is 3.16. The Bertz CT molecular complexity index is 395. The van der Waals surface area contributed by atoms with Crippen LogP contribution in [0.2, 0.25) is 0 Å². The monoisotopic (exact) mass is 249 g/mol. The second-order valence-electron chi connectivity index (χ2n) is 5.30. The number of phenolic OH excluding ortho intramolecular Hbond substituents is 1. The van der Waals surface area contributed by atoms with E-state index in [1.54, 1.807) is 19.2 Å². The average Bonchev–Trinajstić information content (AvgIpc) is 2.36. The third kappa shape index (κ3) is 2.78. The molecule has 0 bridgehead atoms. The molecule has 1 aliphatic rings. The van der Waals surface area contributed by atoms with E-state index in [-0.39, 0.29) is 0 Å². The van der Waals surface area contributed by atoms with Gasteiger partial charge in [-0.15, -0.1) is 0 Å². The second kappa shape index (κ2) is 5.61. The molecule has 1 aromatic carbocycles. The zero-order valence-electron chi connectivity index (χ0n) is 11.5. The van der Waals surface area contributed by atoms with Crippen molar-refractivity contribution in [3.63, 3.8) is 0 Å². The fourth-order valence-corrected chi connectivity index (χ4v) is 2.80. The van der Waals surface area contributed by atoms with Gasteiger partial charge in [0.05, 0.1) is 7.11 Å². The first kappa shape index (κ1) is 13.2. The van der Waals surface area contributed by atoms with Crippen molar-refractivity contribution < 1.29 is 9.84 Å². The molecule has 1 N–H and O–H groups in total. The Balaban J connectivity index is 2.16. The Labute approximate surface area is 109 Å². The summed E-state index contributed by atoms with van der Waals surface area (Å²) in [6.07, 6.45) is 3.80. The number of likely N-dealkylation sites (tertiary alicyclic amines) is 1. The lowest BCUT2D eigenvalue weighted by Gasteiger charge is -2.39. The Kier molecular flexibility index (Phi) is 4.12. The first-order valence-corrected chi connectivity index (χ1v) is 6.73. The SMILES string of the molecule is COc1ccc(O)c(CN2C(C)CCCC2C)c1. The number of phenols is 1. The van der Waals surface area contributed by atoms with Gasteiger partial charge in [0.1, 0.15) is 11.5 Å². The van der Waals surface area contributed by atoms with E-state index in [1.165, 1.54) is 19.3 Å². The van der Waals surface area contributed by atoms with Crippen LogP contribution >= 0.6 is 0 Å². The van der Waals surface area contributed by atoms with E-state index in [4.69, 9.17) is 4.74 Å². The predicted molar refractivity (Wildman–Crippen MR) is 73.0 cm³/mol. The van der Waals surface area contributed by atoms with Gasteiger partial charge in [0.2, 0.25) is 0 Å². The van der Waals surface area contributed by atoms with E-state index in [0.29, 0.717) is 17.8 Å². The topological polar surface area (TPSA) is 32.7 Å². The lowest BCUT2D eigenvalue weighted by atomic mass is 9.96. The average molecular weight is 249 g/mol. The summed E-state index contributed by atoms with van der Waals surface area (Å²) in [5.41, 5.74) is 0.954. The van der Waals surface area contributed by atoms with Crippen molar-refractivity contribution in [1.82, 2.24) is 4.90 Å². The minimum Gasteiger partial charge on any atom is -0.508 e. The molecule has 0 aliphatic carbocycles. The molecule has 100 valence electrons. The summed E-state index contributed by atoms with van der Waals surface area (Å²) in [7, 11) is 1.66. The van der Waals surface area contributed by atoms with Gasteiger partial charge >= 0.3 is 0 Å². The molecule has 2 unspecified atom stereocenters. The van der Waals surface area contributed by atoms with Gasteiger partial charge in [-0.3, -0.25) is 4.90 Å². The molecule has 0 spiro atoms. The fourth-order valence-electron chi connectivity index (χ4n) is 2.80. The maximum absolute atomic E-state index is 9.95. The quantitative estimate of drug-likeness (QED) is 0.893. The first-order valence-electron chi connectivity index (χ1n) is 6.73. The van der Waals surface area contributed by atoms with Crippen molar-refractivity contribution >= 4 is 0 Å². The Morgan fingerprint density at radius 3 is 2.56 bits per heavy atom. The zero-order chi connectivity index (χ0) is 13.1. The summed E-state index contributed by atoms with van der Waals surface area (Å²) >= 11 is 0. The van der Waals surface area contributed by atoms with Crippen LogP contribution in [0.1, 0.15) is 38.7 Å². The summed E-state index contributed by atoms with van der Waals surface area (Å²) in [4.78, 5) is 2.47. The highest BCUT2D eigenvalue weighted by Crippen LogP contribution is 2.29. The Hall–Kier alpha value is -1.22. The molecular formula is C15H23NO2. The van der Waals surface area contributed by atoms with Crippen molar-refractivity contribution in [3.05, 3.63) is 23.8 Å². The molecule has 1 aliphatic heterocycles. The molecular weight excluding hydrogens is 226 g/mol. The third-order valence-electron chi connectivity index (χ3n) is 4.02. The van der Waals surface area contributed by atoms with Crippen molar-refractivity contribution in [2.45, 2.75) is 51.7 Å². The fraction of sp³-hybridized carbons (Fsp3) is 0.600. The maximum atomic E-state index is 9.95. The molecule has 0 aromatic heterocycles. The number of piperidine rings is 1. The number of methoxy groups -OCH3 is 1. The molecule has 1 heterocycles. The number of nitrogens with zero attached hydrogens (tertiary/aromatic N) is 1. The van der Waals surface area contributed by atoms with Crippen LogP contribution in [0.4, 0.5) is 0 Å². The zero-order valence-corrected chi connectivity index (χ0v) is 11.5. The molecule has 18 heavy (non-hydrogen) atoms. The summed E-state index contributed by atoms with van der Waals surface area (Å²) in [6, 6.07) is 6.61. The van der Waals surface area contributed by atoms with Gasteiger partial charge in [0.15, 0.2) is 0 Å². The van der Waals surface area contributed by atoms with Crippen LogP contribution in [-0.2, 0) is 6.54 Å². The number of aromatic hydroxyl groups is 1. The van der Waals surface area contributed by atoms with Crippen LogP contribution in [-0.4, -0.2) is 29.2 Å². The minimum atomic E-state index is 0.362. The van der Waals surface area contributed by atoms with Gasteiger partial charge in [-0.2, -0.15) is 0 Å². The molecule has 2 rings (SSSR count). The van der Waals surface area contributed by atoms with Gasteiger partial charge in [-0.25, -0.2) is 0 Å². The summed E-state index contributed by atoms with van der Waals surface area (Å²) in [6.45, 7) is 5.34. The van der Waals surface area contributed by atoms with Crippen LogP contribution in [0.15, 0.2) is 18.2 Å². The number of ether oxygens (including phenoxy) is 1. The highest BCUT2D eigenvalue weighted by molar-refractivity contribution is 5.39. The van der Waals surface area contributed by atoms with Crippen molar-refractivity contribution in [3.8, 4) is 11.5 Å². The lowest BCUT2D eigenvalue weighted by Crippen LogP contribution is -2.42. The number of hydrogen-bond donors (Lipinski definition) is 1. The minimum absolute atomic E-state index is 0.362. The number of hydrogen-bond acceptors (Lipinski definition) is 3. The molecule has 1 saturated heterocycles. The smallest absolute Gasteiger partial charge is 0.120 e. The van der Waals surface area contributed by atoms with Gasteiger partial charge in [0, 0.05) is 24.2 Å². The molecule has 2 atom stereocenters. The van der Waals surface area contributed by atoms with Gasteiger partial charge < -0.3 is 9.84 Å². The van der Waals surface area contributed by atoms with Gasteiger partial charge in [-0.1, -0.05) is 6.42 Å². The molecule has 3 heteroatoms. The van der Waals surface area contributed by atoms with Crippen LogP contribution in [0.5, 0.6) is 11.5 Å².